The molecule has 6 rings (SSSR count). The van der Waals surface area contributed by atoms with Gasteiger partial charge in [-0.05, 0) is 77.8 Å². The third kappa shape index (κ3) is 4.53. The third-order valence-electron chi connectivity index (χ3n) is 7.43. The number of rotatable bonds is 6. The Kier molecular flexibility index (Phi) is 6.62. The number of nitrogens with two attached hydrogens (primary N) is 1. The number of halogens is 1. The summed E-state index contributed by atoms with van der Waals surface area (Å²) in [6, 6.07) is 12.3. The minimum absolute atomic E-state index is 0.0380. The predicted molar refractivity (Wildman–Crippen MR) is 157 cm³/mol. The summed E-state index contributed by atoms with van der Waals surface area (Å²) in [5.41, 5.74) is 9.54. The molecular weight excluding hydrogens is 574 g/mol. The van der Waals surface area contributed by atoms with Crippen LogP contribution in [-0.2, 0) is 9.59 Å². The van der Waals surface area contributed by atoms with Gasteiger partial charge < -0.3 is 20.9 Å². The summed E-state index contributed by atoms with van der Waals surface area (Å²) in [6.45, 7) is 3.55. The van der Waals surface area contributed by atoms with Gasteiger partial charge in [-0.15, -0.1) is 0 Å². The molecule has 202 valence electrons. The van der Waals surface area contributed by atoms with Crippen LogP contribution in [-0.4, -0.2) is 69.9 Å². The normalized spacial score (nSPS) is 23.1. The SMILES string of the molecule is C=N/C(N)=C1\C(=N/C)N(CC(=O)N2C3C[C@@H]3C[C@H]2C(=O)Nc2cccc(Br)n2)c2ccc(-c3cccnc3)nc21. The van der Waals surface area contributed by atoms with Crippen molar-refractivity contribution in [1.82, 2.24) is 19.9 Å². The number of hydrogen-bond donors (Lipinski definition) is 2. The van der Waals surface area contributed by atoms with Gasteiger partial charge in [-0.1, -0.05) is 6.07 Å². The number of hydrogen-bond acceptors (Lipinski definition) is 8. The van der Waals surface area contributed by atoms with Gasteiger partial charge in [0.25, 0.3) is 0 Å². The topological polar surface area (TPSA) is 142 Å². The maximum atomic E-state index is 13.9. The first-order chi connectivity index (χ1) is 19.4. The summed E-state index contributed by atoms with van der Waals surface area (Å²) in [5.74, 6) is 0.951. The molecule has 2 amide bonds. The van der Waals surface area contributed by atoms with Crippen molar-refractivity contribution in [2.24, 2.45) is 21.6 Å². The van der Waals surface area contributed by atoms with Gasteiger partial charge in [-0.2, -0.15) is 0 Å². The van der Waals surface area contributed by atoms with Crippen LogP contribution < -0.4 is 16.0 Å². The number of carbonyl (C=O) groups is 2. The van der Waals surface area contributed by atoms with Crippen LogP contribution in [0.4, 0.5) is 11.5 Å². The lowest BCUT2D eigenvalue weighted by atomic mass is 10.1. The van der Waals surface area contributed by atoms with Crippen LogP contribution in [0.15, 0.2) is 75.3 Å². The van der Waals surface area contributed by atoms with E-state index < -0.39 is 6.04 Å². The minimum atomic E-state index is -0.581. The highest BCUT2D eigenvalue weighted by atomic mass is 79.9. The number of pyridine rings is 3. The van der Waals surface area contributed by atoms with Gasteiger partial charge in [-0.3, -0.25) is 19.6 Å². The van der Waals surface area contributed by atoms with E-state index in [1.54, 1.807) is 47.4 Å². The Bertz CT molecular complexity index is 1590. The van der Waals surface area contributed by atoms with Crippen LogP contribution in [0.2, 0.25) is 0 Å². The number of aromatic nitrogens is 3. The molecule has 12 heteroatoms. The molecule has 5 heterocycles. The molecule has 3 atom stereocenters. The van der Waals surface area contributed by atoms with E-state index >= 15 is 0 Å². The molecule has 3 aromatic heterocycles. The second-order valence-corrected chi connectivity index (χ2v) is 10.6. The highest BCUT2D eigenvalue weighted by Crippen LogP contribution is 2.48. The molecule has 2 fully saturated rings. The number of nitrogens with zero attached hydrogens (tertiary/aromatic N) is 7. The standard InChI is InChI=1S/C28H26BrN9O2/c1-31-26(30)24-25-18(9-8-17(34-25)15-5-4-10-33-13-15)37(27(24)32-2)14-23(39)38-19-11-16(19)12-20(38)28(40)36-22-7-3-6-21(29)35-22/h3-10,13,16,19-20H,1,11-12,14,30H2,2H3,(H,35,36,40)/b26-24-,32-27+/t16-,19?,20+/m1/s1. The van der Waals surface area contributed by atoms with Crippen LogP contribution in [0, 0.1) is 5.92 Å². The Morgan fingerprint density at radius 1 is 1.18 bits per heavy atom. The predicted octanol–water partition coefficient (Wildman–Crippen LogP) is 3.11. The average molecular weight is 600 g/mol. The van der Waals surface area contributed by atoms with E-state index in [0.717, 1.165) is 12.0 Å². The quantitative estimate of drug-likeness (QED) is 0.327. The molecule has 40 heavy (non-hydrogen) atoms. The Hall–Kier alpha value is -4.45. The zero-order valence-corrected chi connectivity index (χ0v) is 23.2. The smallest absolute Gasteiger partial charge is 0.248 e. The van der Waals surface area contributed by atoms with Crippen molar-refractivity contribution in [1.29, 1.82) is 0 Å². The van der Waals surface area contributed by atoms with Gasteiger partial charge >= 0.3 is 0 Å². The summed E-state index contributed by atoms with van der Waals surface area (Å²) in [5, 5.41) is 2.86. The molecule has 0 radical (unpaired) electrons. The molecule has 1 aliphatic carbocycles. The van der Waals surface area contributed by atoms with Crippen molar-refractivity contribution in [2.75, 3.05) is 23.8 Å². The molecule has 11 nitrogen and oxygen atoms in total. The lowest BCUT2D eigenvalue weighted by Gasteiger charge is -2.29. The monoisotopic (exact) mass is 599 g/mol. The Labute approximate surface area is 239 Å². The van der Waals surface area contributed by atoms with Crippen LogP contribution in [0.25, 0.3) is 16.8 Å². The fourth-order valence-electron chi connectivity index (χ4n) is 5.54. The lowest BCUT2D eigenvalue weighted by molar-refractivity contribution is -0.136. The molecule has 3 N–H and O–H groups in total. The average Bonchev–Trinajstić information content (AvgIpc) is 3.51. The van der Waals surface area contributed by atoms with E-state index in [1.807, 2.05) is 24.3 Å². The highest BCUT2D eigenvalue weighted by Gasteiger charge is 2.56. The summed E-state index contributed by atoms with van der Waals surface area (Å²) >= 11 is 3.32. The zero-order chi connectivity index (χ0) is 28.0. The number of amidine groups is 1. The maximum absolute atomic E-state index is 13.9. The second-order valence-electron chi connectivity index (χ2n) is 9.81. The molecule has 3 aliphatic rings. The first-order valence-electron chi connectivity index (χ1n) is 12.8. The van der Waals surface area contributed by atoms with Gasteiger partial charge in [0.05, 0.1) is 17.0 Å². The number of nitrogens with one attached hydrogen (secondary N) is 1. The molecule has 0 aromatic carbocycles. The Morgan fingerprint density at radius 2 is 2.02 bits per heavy atom. The number of carbonyl (C=O) groups excluding carboxylic acids is 2. The van der Waals surface area contributed by atoms with Crippen molar-refractivity contribution >= 4 is 57.4 Å². The summed E-state index contributed by atoms with van der Waals surface area (Å²) in [4.78, 5) is 52.4. The number of likely N-dealkylation sites (tertiary alicyclic amines) is 1. The summed E-state index contributed by atoms with van der Waals surface area (Å²) in [7, 11) is 1.63. The van der Waals surface area contributed by atoms with E-state index in [-0.39, 0.29) is 30.2 Å². The second kappa shape index (κ2) is 10.3. The molecular formula is C28H26BrN9O2. The van der Waals surface area contributed by atoms with Gasteiger partial charge in [0.1, 0.15) is 40.4 Å². The van der Waals surface area contributed by atoms with Crippen LogP contribution in [0.5, 0.6) is 0 Å². The van der Waals surface area contributed by atoms with Crippen molar-refractivity contribution in [3.63, 3.8) is 0 Å². The largest absolute Gasteiger partial charge is 0.383 e. The number of anilines is 2. The van der Waals surface area contributed by atoms with Gasteiger partial charge in [0.15, 0.2) is 0 Å². The minimum Gasteiger partial charge on any atom is -0.383 e. The molecule has 0 bridgehead atoms. The number of amides is 2. The number of aliphatic imine (C=N–C) groups is 2. The molecule has 0 spiro atoms. The molecule has 1 unspecified atom stereocenters. The summed E-state index contributed by atoms with van der Waals surface area (Å²) < 4.78 is 0.615. The molecule has 1 saturated carbocycles. The fourth-order valence-corrected chi connectivity index (χ4v) is 5.89. The van der Waals surface area contributed by atoms with Crippen molar-refractivity contribution < 1.29 is 9.59 Å². The van der Waals surface area contributed by atoms with E-state index in [0.29, 0.717) is 51.2 Å². The van der Waals surface area contributed by atoms with Crippen LogP contribution in [0.1, 0.15) is 18.5 Å². The van der Waals surface area contributed by atoms with Gasteiger partial charge in [0.2, 0.25) is 11.8 Å². The summed E-state index contributed by atoms with van der Waals surface area (Å²) in [6.07, 6.45) is 4.94. The zero-order valence-electron chi connectivity index (χ0n) is 21.7. The molecule has 1 saturated heterocycles. The van der Waals surface area contributed by atoms with Crippen LogP contribution in [0.3, 0.4) is 0 Å². The van der Waals surface area contributed by atoms with E-state index in [4.69, 9.17) is 10.7 Å². The number of fused-ring (bicyclic) bond motifs is 2. The Morgan fingerprint density at radius 3 is 2.75 bits per heavy atom. The first kappa shape index (κ1) is 25.8. The maximum Gasteiger partial charge on any atom is 0.248 e. The van der Waals surface area contributed by atoms with Gasteiger partial charge in [-0.25, -0.2) is 15.0 Å². The number of piperidine rings is 1. The van der Waals surface area contributed by atoms with E-state index in [9.17, 15) is 9.59 Å². The third-order valence-corrected chi connectivity index (χ3v) is 7.87. The van der Waals surface area contributed by atoms with E-state index in [2.05, 4.69) is 47.9 Å². The first-order valence-corrected chi connectivity index (χ1v) is 13.6. The Balaban J connectivity index is 1.30. The fraction of sp³-hybridized carbons (Fsp3) is 0.250. The molecule has 2 aliphatic heterocycles. The lowest BCUT2D eigenvalue weighted by Crippen LogP contribution is -2.49. The van der Waals surface area contributed by atoms with Crippen molar-refractivity contribution in [3.05, 3.63) is 71.0 Å². The van der Waals surface area contributed by atoms with Gasteiger partial charge in [0, 0.05) is 31.0 Å². The molecule has 3 aromatic rings. The van der Waals surface area contributed by atoms with Crippen LogP contribution >= 0.6 is 15.9 Å². The highest BCUT2D eigenvalue weighted by molar-refractivity contribution is 9.10. The van der Waals surface area contributed by atoms with Crippen molar-refractivity contribution in [2.45, 2.75) is 24.9 Å². The van der Waals surface area contributed by atoms with E-state index in [1.165, 1.54) is 0 Å². The van der Waals surface area contributed by atoms with Crippen molar-refractivity contribution in [3.8, 4) is 11.3 Å².